The third kappa shape index (κ3) is 3.46. The average Bonchev–Trinajstić information content (AvgIpc) is 3.25. The number of rotatable bonds is 3. The summed E-state index contributed by atoms with van der Waals surface area (Å²) in [4.78, 5) is 18.0. The van der Waals surface area contributed by atoms with Gasteiger partial charge in [0.2, 0.25) is 5.95 Å². The van der Waals surface area contributed by atoms with Crippen LogP contribution in [-0.4, -0.2) is 38.9 Å². The van der Waals surface area contributed by atoms with Crippen molar-refractivity contribution >= 4 is 23.3 Å². The second-order valence-electron chi connectivity index (χ2n) is 8.36. The number of nitrogens with zero attached hydrogens (tertiary/aromatic N) is 3. The summed E-state index contributed by atoms with van der Waals surface area (Å²) in [5, 5.41) is 18.1. The highest BCUT2D eigenvalue weighted by Gasteiger charge is 2.40. The molecule has 168 valence electrons. The van der Waals surface area contributed by atoms with Crippen LogP contribution < -0.4 is 14.8 Å². The van der Waals surface area contributed by atoms with Gasteiger partial charge in [-0.3, -0.25) is 4.79 Å². The van der Waals surface area contributed by atoms with E-state index < -0.39 is 6.04 Å². The van der Waals surface area contributed by atoms with Gasteiger partial charge in [0.15, 0.2) is 23.1 Å². The van der Waals surface area contributed by atoms with E-state index in [1.165, 1.54) is 0 Å². The molecule has 0 saturated heterocycles. The Morgan fingerprint density at radius 3 is 2.61 bits per heavy atom. The van der Waals surface area contributed by atoms with Gasteiger partial charge in [0.1, 0.15) is 25.9 Å². The lowest BCUT2D eigenvalue weighted by Crippen LogP contribution is -2.33. The van der Waals surface area contributed by atoms with Crippen LogP contribution in [0.25, 0.3) is 0 Å². The standard InChI is InChI=1S/C24H21ClN4O4/c25-16-4-1-13(2-5-16)15-9-17-22(18(31)10-15)23(29-24(26-17)27-21(12-30)28-29)14-3-6-19-20(11-14)33-8-7-32-19/h1-6,11,15,23,30H,7-10,12H2,(H,26,27,28). The molecule has 9 heteroatoms. The van der Waals surface area contributed by atoms with E-state index in [4.69, 9.17) is 21.1 Å². The number of allylic oxidation sites excluding steroid dienone is 2. The third-order valence-electron chi connectivity index (χ3n) is 6.33. The first-order valence-corrected chi connectivity index (χ1v) is 11.2. The monoisotopic (exact) mass is 464 g/mol. The van der Waals surface area contributed by atoms with E-state index in [9.17, 15) is 9.90 Å². The Balaban J connectivity index is 1.45. The van der Waals surface area contributed by atoms with Gasteiger partial charge in [0.05, 0.1) is 0 Å². The number of anilines is 1. The molecule has 2 atom stereocenters. The van der Waals surface area contributed by atoms with Crippen LogP contribution in [0.1, 0.15) is 41.8 Å². The minimum Gasteiger partial charge on any atom is -0.486 e. The maximum atomic E-state index is 13.5. The van der Waals surface area contributed by atoms with Crippen LogP contribution in [-0.2, 0) is 11.4 Å². The van der Waals surface area contributed by atoms with Crippen molar-refractivity contribution < 1.29 is 19.4 Å². The van der Waals surface area contributed by atoms with Crippen LogP contribution in [0.15, 0.2) is 53.7 Å². The Bertz CT molecular complexity index is 1280. The van der Waals surface area contributed by atoms with E-state index in [-0.39, 0.29) is 18.3 Å². The van der Waals surface area contributed by atoms with Gasteiger partial charge >= 0.3 is 0 Å². The van der Waals surface area contributed by atoms with Gasteiger partial charge in [-0.05, 0) is 47.7 Å². The predicted octanol–water partition coefficient (Wildman–Crippen LogP) is 3.61. The van der Waals surface area contributed by atoms with Gasteiger partial charge in [-0.2, -0.15) is 10.1 Å². The van der Waals surface area contributed by atoms with E-state index in [0.717, 1.165) is 16.8 Å². The number of aliphatic hydroxyl groups is 1. The SMILES string of the molecule is O=C1CC(c2ccc(Cl)cc2)CC2=C1C(c1ccc3c(c1)OCCO3)n1nc(CO)nc1N2. The summed E-state index contributed by atoms with van der Waals surface area (Å²) in [5.74, 6) is 2.21. The minimum absolute atomic E-state index is 0.0358. The Hall–Kier alpha value is -3.36. The zero-order valence-corrected chi connectivity index (χ0v) is 18.4. The maximum Gasteiger partial charge on any atom is 0.226 e. The summed E-state index contributed by atoms with van der Waals surface area (Å²) < 4.78 is 13.1. The van der Waals surface area contributed by atoms with Gasteiger partial charge in [-0.25, -0.2) is 4.68 Å². The molecule has 3 aliphatic rings. The van der Waals surface area contributed by atoms with E-state index in [1.807, 2.05) is 42.5 Å². The molecule has 0 fully saturated rings. The van der Waals surface area contributed by atoms with Crippen LogP contribution in [0, 0.1) is 0 Å². The highest BCUT2D eigenvalue weighted by molar-refractivity contribution is 6.30. The summed E-state index contributed by atoms with van der Waals surface area (Å²) in [6, 6.07) is 12.9. The van der Waals surface area contributed by atoms with Gasteiger partial charge in [-0.15, -0.1) is 0 Å². The molecule has 6 rings (SSSR count). The Morgan fingerprint density at radius 1 is 1.06 bits per heavy atom. The number of ether oxygens (including phenoxy) is 2. The lowest BCUT2D eigenvalue weighted by molar-refractivity contribution is -0.116. The van der Waals surface area contributed by atoms with Crippen molar-refractivity contribution in [3.8, 4) is 11.5 Å². The molecule has 33 heavy (non-hydrogen) atoms. The lowest BCUT2D eigenvalue weighted by Gasteiger charge is -2.35. The van der Waals surface area contributed by atoms with Gasteiger partial charge in [-0.1, -0.05) is 29.8 Å². The highest BCUT2D eigenvalue weighted by Crippen LogP contribution is 2.45. The predicted molar refractivity (Wildman–Crippen MR) is 121 cm³/mol. The van der Waals surface area contributed by atoms with E-state index >= 15 is 0 Å². The van der Waals surface area contributed by atoms with Crippen LogP contribution in [0.4, 0.5) is 5.95 Å². The fourth-order valence-corrected chi connectivity index (χ4v) is 4.96. The number of halogens is 1. The zero-order valence-electron chi connectivity index (χ0n) is 17.6. The summed E-state index contributed by atoms with van der Waals surface area (Å²) in [5.41, 5.74) is 3.41. The molecule has 1 aliphatic carbocycles. The van der Waals surface area contributed by atoms with Crippen molar-refractivity contribution in [3.63, 3.8) is 0 Å². The molecule has 2 aromatic carbocycles. The molecule has 0 bridgehead atoms. The largest absolute Gasteiger partial charge is 0.486 e. The number of Topliss-reactive ketones (excluding diaryl/α,β-unsaturated/α-hetero) is 1. The summed E-state index contributed by atoms with van der Waals surface area (Å²) in [7, 11) is 0. The number of ketones is 1. The van der Waals surface area contributed by atoms with Crippen LogP contribution in [0.5, 0.6) is 11.5 Å². The highest BCUT2D eigenvalue weighted by atomic mass is 35.5. The third-order valence-corrected chi connectivity index (χ3v) is 6.58. The first-order valence-electron chi connectivity index (χ1n) is 10.9. The molecule has 2 unspecified atom stereocenters. The molecule has 0 spiro atoms. The van der Waals surface area contributed by atoms with Crippen LogP contribution in [0.3, 0.4) is 0 Å². The van der Waals surface area contributed by atoms with Crippen molar-refractivity contribution in [3.05, 3.63) is 75.7 Å². The first-order chi connectivity index (χ1) is 16.1. The Morgan fingerprint density at radius 2 is 1.82 bits per heavy atom. The topological polar surface area (TPSA) is 98.5 Å². The fourth-order valence-electron chi connectivity index (χ4n) is 4.83. The molecule has 0 amide bonds. The van der Waals surface area contributed by atoms with Crippen molar-refractivity contribution in [2.45, 2.75) is 31.4 Å². The summed E-state index contributed by atoms with van der Waals surface area (Å²) >= 11 is 6.05. The number of benzene rings is 2. The van der Waals surface area contributed by atoms with Gasteiger partial charge < -0.3 is 19.9 Å². The minimum atomic E-state index is -0.474. The van der Waals surface area contributed by atoms with Gasteiger partial charge in [0, 0.05) is 22.7 Å². The number of fused-ring (bicyclic) bond motifs is 2. The lowest BCUT2D eigenvalue weighted by atomic mass is 9.78. The Labute approximate surface area is 194 Å². The number of aromatic nitrogens is 3. The Kier molecular flexibility index (Phi) is 4.85. The molecule has 1 aromatic heterocycles. The molecule has 2 N–H and O–H groups in total. The summed E-state index contributed by atoms with van der Waals surface area (Å²) in [6.45, 7) is 0.690. The van der Waals surface area contributed by atoms with Crippen molar-refractivity contribution in [2.75, 3.05) is 18.5 Å². The molecular weight excluding hydrogens is 444 g/mol. The first kappa shape index (κ1) is 20.3. The molecule has 0 radical (unpaired) electrons. The molecule has 3 heterocycles. The number of hydrogen-bond acceptors (Lipinski definition) is 7. The number of hydrogen-bond donors (Lipinski definition) is 2. The van der Waals surface area contributed by atoms with Crippen LogP contribution >= 0.6 is 11.6 Å². The van der Waals surface area contributed by atoms with E-state index in [2.05, 4.69) is 15.4 Å². The van der Waals surface area contributed by atoms with E-state index in [0.29, 0.717) is 59.9 Å². The van der Waals surface area contributed by atoms with Crippen molar-refractivity contribution in [1.29, 1.82) is 0 Å². The van der Waals surface area contributed by atoms with Crippen LogP contribution in [0.2, 0.25) is 5.02 Å². The average molecular weight is 465 g/mol. The quantitative estimate of drug-likeness (QED) is 0.611. The maximum absolute atomic E-state index is 13.5. The zero-order chi connectivity index (χ0) is 22.5. The van der Waals surface area contributed by atoms with E-state index in [1.54, 1.807) is 4.68 Å². The normalized spacial score (nSPS) is 21.3. The number of carbonyl (C=O) groups excluding carboxylic acids is 1. The second kappa shape index (κ2) is 7.90. The van der Waals surface area contributed by atoms with Crippen molar-refractivity contribution in [1.82, 2.24) is 14.8 Å². The molecule has 3 aromatic rings. The smallest absolute Gasteiger partial charge is 0.226 e. The number of aliphatic hydroxyl groups excluding tert-OH is 1. The molecule has 0 saturated carbocycles. The second-order valence-corrected chi connectivity index (χ2v) is 8.79. The number of nitrogens with one attached hydrogen (secondary N) is 1. The van der Waals surface area contributed by atoms with Crippen molar-refractivity contribution in [2.24, 2.45) is 0 Å². The van der Waals surface area contributed by atoms with Gasteiger partial charge in [0.25, 0.3) is 0 Å². The summed E-state index contributed by atoms with van der Waals surface area (Å²) in [6.07, 6.45) is 1.05. The molecule has 2 aliphatic heterocycles. The molecule has 8 nitrogen and oxygen atoms in total. The number of carbonyl (C=O) groups is 1. The fraction of sp³-hybridized carbons (Fsp3) is 0.292. The molecular formula is C24H21ClN4O4.